The first-order valence-electron chi connectivity index (χ1n) is 6.82. The molecular weight excluding hydrogens is 332 g/mol. The Morgan fingerprint density at radius 2 is 2.17 bits per heavy atom. The second-order valence-electron chi connectivity index (χ2n) is 4.72. The Morgan fingerprint density at radius 3 is 2.78 bits per heavy atom. The van der Waals surface area contributed by atoms with Gasteiger partial charge in [0.2, 0.25) is 5.13 Å². The van der Waals surface area contributed by atoms with E-state index in [1.165, 1.54) is 22.4 Å². The third kappa shape index (κ3) is 3.88. The predicted molar refractivity (Wildman–Crippen MR) is 91.0 cm³/mol. The van der Waals surface area contributed by atoms with Gasteiger partial charge in [-0.3, -0.25) is 10.1 Å². The molecule has 9 heteroatoms. The molecule has 7 nitrogen and oxygen atoms in total. The van der Waals surface area contributed by atoms with Crippen LogP contribution in [-0.4, -0.2) is 26.1 Å². The number of carbonyl (C=O) groups excluding carboxylic acids is 1. The number of amides is 1. The molecule has 0 fully saturated rings. The number of anilines is 2. The maximum Gasteiger partial charge on any atom is 0.259 e. The highest BCUT2D eigenvalue weighted by Gasteiger charge is 2.09. The fraction of sp³-hybridized carbons (Fsp3) is 0.214. The Kier molecular flexibility index (Phi) is 4.58. The van der Waals surface area contributed by atoms with Crippen LogP contribution in [0.3, 0.4) is 0 Å². The summed E-state index contributed by atoms with van der Waals surface area (Å²) in [4.78, 5) is 21.9. The van der Waals surface area contributed by atoms with Gasteiger partial charge in [0.1, 0.15) is 11.3 Å². The molecule has 0 saturated heterocycles. The third-order valence-electron chi connectivity index (χ3n) is 3.04. The van der Waals surface area contributed by atoms with Gasteiger partial charge in [-0.05, 0) is 26.0 Å². The maximum atomic E-state index is 12.0. The lowest BCUT2D eigenvalue weighted by Gasteiger charge is -2.05. The summed E-state index contributed by atoms with van der Waals surface area (Å²) in [6.07, 6.45) is 1.53. The van der Waals surface area contributed by atoms with E-state index in [2.05, 4.69) is 37.7 Å². The van der Waals surface area contributed by atoms with Gasteiger partial charge in [0.15, 0.2) is 0 Å². The molecule has 0 saturated carbocycles. The minimum atomic E-state index is -0.258. The van der Waals surface area contributed by atoms with Crippen molar-refractivity contribution in [3.8, 4) is 0 Å². The topological polar surface area (TPSA) is 92.7 Å². The Bertz CT molecular complexity index is 797. The largest absolute Gasteiger partial charge is 0.364 e. The lowest BCUT2D eigenvalue weighted by Crippen LogP contribution is -2.12. The minimum absolute atomic E-state index is 0.258. The van der Waals surface area contributed by atoms with Gasteiger partial charge in [0, 0.05) is 11.1 Å². The number of pyridine rings is 1. The summed E-state index contributed by atoms with van der Waals surface area (Å²) in [7, 11) is 0. The monoisotopic (exact) mass is 346 g/mol. The van der Waals surface area contributed by atoms with E-state index < -0.39 is 0 Å². The molecule has 2 N–H and O–H groups in total. The molecule has 118 valence electrons. The van der Waals surface area contributed by atoms with Crippen molar-refractivity contribution in [3.05, 3.63) is 45.0 Å². The van der Waals surface area contributed by atoms with Gasteiger partial charge in [-0.25, -0.2) is 9.97 Å². The van der Waals surface area contributed by atoms with E-state index in [0.29, 0.717) is 23.1 Å². The highest BCUT2D eigenvalue weighted by molar-refractivity contribution is 7.13. The number of aromatic nitrogens is 4. The number of aryl methyl sites for hydroxylation is 2. The second-order valence-corrected chi connectivity index (χ2v) is 6.96. The summed E-state index contributed by atoms with van der Waals surface area (Å²) in [5.74, 6) is 0.439. The van der Waals surface area contributed by atoms with Gasteiger partial charge in [-0.1, -0.05) is 11.3 Å². The van der Waals surface area contributed by atoms with Gasteiger partial charge in [0.25, 0.3) is 5.91 Å². The quantitative estimate of drug-likeness (QED) is 0.738. The highest BCUT2D eigenvalue weighted by Crippen LogP contribution is 2.17. The van der Waals surface area contributed by atoms with Crippen molar-refractivity contribution in [2.45, 2.75) is 20.4 Å². The number of hydrogen-bond donors (Lipinski definition) is 2. The van der Waals surface area contributed by atoms with Gasteiger partial charge < -0.3 is 5.32 Å². The number of nitrogens with zero attached hydrogens (tertiary/aromatic N) is 4. The minimum Gasteiger partial charge on any atom is -0.364 e. The van der Waals surface area contributed by atoms with E-state index in [1.807, 2.05) is 6.92 Å². The molecule has 0 aliphatic heterocycles. The normalized spacial score (nSPS) is 10.5. The number of rotatable bonds is 5. The van der Waals surface area contributed by atoms with E-state index in [9.17, 15) is 4.79 Å². The average Bonchev–Trinajstić information content (AvgIpc) is 3.15. The molecule has 0 aliphatic carbocycles. The van der Waals surface area contributed by atoms with Crippen LogP contribution in [0.1, 0.15) is 25.9 Å². The molecule has 1 amide bonds. The standard InChI is InChI=1S/C14H14N6OS2/c1-8-11(18-9(2)23-8)6-16-12-4-3-10(5-15-12)13(21)19-14-20-17-7-22-14/h3-5,7H,6H2,1-2H3,(H,15,16)(H,19,20,21). The van der Waals surface area contributed by atoms with E-state index in [1.54, 1.807) is 29.0 Å². The molecule has 3 rings (SSSR count). The zero-order valence-electron chi connectivity index (χ0n) is 12.5. The molecule has 3 aromatic rings. The zero-order chi connectivity index (χ0) is 16.2. The molecule has 0 spiro atoms. The fourth-order valence-corrected chi connectivity index (χ4v) is 3.21. The summed E-state index contributed by atoms with van der Waals surface area (Å²) < 4.78 is 0. The number of hydrogen-bond acceptors (Lipinski definition) is 8. The van der Waals surface area contributed by atoms with Gasteiger partial charge >= 0.3 is 0 Å². The van der Waals surface area contributed by atoms with Gasteiger partial charge in [0.05, 0.1) is 22.8 Å². The fourth-order valence-electron chi connectivity index (χ4n) is 1.94. The first kappa shape index (κ1) is 15.5. The first-order chi connectivity index (χ1) is 11.1. The van der Waals surface area contributed by atoms with Crippen LogP contribution in [0.25, 0.3) is 0 Å². The summed E-state index contributed by atoms with van der Waals surface area (Å²) in [6, 6.07) is 3.48. The van der Waals surface area contributed by atoms with Crippen LogP contribution in [0.5, 0.6) is 0 Å². The molecule has 0 aliphatic rings. The Hall–Kier alpha value is -2.39. The number of thiazole rings is 1. The highest BCUT2D eigenvalue weighted by atomic mass is 32.1. The molecular formula is C14H14N6OS2. The van der Waals surface area contributed by atoms with E-state index in [0.717, 1.165) is 10.7 Å². The van der Waals surface area contributed by atoms with Crippen LogP contribution in [0.2, 0.25) is 0 Å². The van der Waals surface area contributed by atoms with Crippen LogP contribution in [0.4, 0.5) is 10.9 Å². The van der Waals surface area contributed by atoms with E-state index >= 15 is 0 Å². The lowest BCUT2D eigenvalue weighted by atomic mass is 10.2. The van der Waals surface area contributed by atoms with Crippen molar-refractivity contribution in [1.82, 2.24) is 20.2 Å². The average molecular weight is 346 g/mol. The molecule has 3 heterocycles. The van der Waals surface area contributed by atoms with Crippen molar-refractivity contribution in [1.29, 1.82) is 0 Å². The number of carbonyl (C=O) groups is 1. The van der Waals surface area contributed by atoms with Crippen LogP contribution >= 0.6 is 22.7 Å². The van der Waals surface area contributed by atoms with Gasteiger partial charge in [-0.15, -0.1) is 21.5 Å². The first-order valence-corrected chi connectivity index (χ1v) is 8.52. The van der Waals surface area contributed by atoms with Crippen molar-refractivity contribution < 1.29 is 4.79 Å². The molecule has 0 radical (unpaired) electrons. The summed E-state index contributed by atoms with van der Waals surface area (Å²) in [6.45, 7) is 4.65. The molecule has 0 atom stereocenters. The van der Waals surface area contributed by atoms with Crippen LogP contribution in [0, 0.1) is 13.8 Å². The van der Waals surface area contributed by atoms with Crippen molar-refractivity contribution in [3.63, 3.8) is 0 Å². The van der Waals surface area contributed by atoms with E-state index in [-0.39, 0.29) is 5.91 Å². The Labute approximate surface area is 140 Å². The summed E-state index contributed by atoms with van der Waals surface area (Å²) >= 11 is 2.94. The molecule has 3 aromatic heterocycles. The zero-order valence-corrected chi connectivity index (χ0v) is 14.2. The molecule has 0 bridgehead atoms. The Morgan fingerprint density at radius 1 is 1.30 bits per heavy atom. The van der Waals surface area contributed by atoms with Crippen LogP contribution in [-0.2, 0) is 6.54 Å². The smallest absolute Gasteiger partial charge is 0.259 e. The SMILES string of the molecule is Cc1nc(CNc2ccc(C(=O)Nc3nncs3)cn2)c(C)s1. The van der Waals surface area contributed by atoms with Gasteiger partial charge in [-0.2, -0.15) is 0 Å². The molecule has 23 heavy (non-hydrogen) atoms. The lowest BCUT2D eigenvalue weighted by molar-refractivity contribution is 0.102. The molecule has 0 unspecified atom stereocenters. The molecule has 0 aromatic carbocycles. The van der Waals surface area contributed by atoms with Crippen molar-refractivity contribution in [2.24, 2.45) is 0 Å². The summed E-state index contributed by atoms with van der Waals surface area (Å²) in [5.41, 5.74) is 3.04. The van der Waals surface area contributed by atoms with Crippen LogP contribution in [0.15, 0.2) is 23.8 Å². The second kappa shape index (κ2) is 6.80. The third-order valence-corrected chi connectivity index (χ3v) is 4.58. The Balaban J connectivity index is 1.60. The van der Waals surface area contributed by atoms with E-state index in [4.69, 9.17) is 0 Å². The van der Waals surface area contributed by atoms with Crippen molar-refractivity contribution in [2.75, 3.05) is 10.6 Å². The summed E-state index contributed by atoms with van der Waals surface area (Å²) in [5, 5.41) is 14.8. The van der Waals surface area contributed by atoms with Crippen LogP contribution < -0.4 is 10.6 Å². The predicted octanol–water partition coefficient (Wildman–Crippen LogP) is 2.87. The maximum absolute atomic E-state index is 12.0. The number of nitrogens with one attached hydrogen (secondary N) is 2. The van der Waals surface area contributed by atoms with Crippen molar-refractivity contribution >= 4 is 39.5 Å².